The van der Waals surface area contributed by atoms with Crippen molar-refractivity contribution in [3.63, 3.8) is 0 Å². The number of hydrogen-bond donors (Lipinski definition) is 1. The van der Waals surface area contributed by atoms with Gasteiger partial charge in [0.25, 0.3) is 5.91 Å². The van der Waals surface area contributed by atoms with Crippen LogP contribution in [0.5, 0.6) is 11.5 Å². The largest absolute Gasteiger partial charge is 0.493 e. The predicted molar refractivity (Wildman–Crippen MR) is 86.3 cm³/mol. The van der Waals surface area contributed by atoms with E-state index in [1.165, 1.54) is 32.4 Å². The summed E-state index contributed by atoms with van der Waals surface area (Å²) in [5.74, 6) is -0.235. The number of alkyl halides is 3. The minimum Gasteiger partial charge on any atom is -0.493 e. The van der Waals surface area contributed by atoms with Gasteiger partial charge in [0.05, 0.1) is 19.8 Å². The summed E-state index contributed by atoms with van der Waals surface area (Å²) in [5, 5.41) is 2.30. The van der Waals surface area contributed by atoms with E-state index in [2.05, 4.69) is 15.3 Å². The Bertz CT molecular complexity index is 784. The number of thioether (sulfide) groups is 1. The van der Waals surface area contributed by atoms with E-state index >= 15 is 0 Å². The molecule has 0 atom stereocenters. The molecular formula is C15H14F3N3O3S. The highest BCUT2D eigenvalue weighted by Gasteiger charge is 2.38. The molecule has 0 saturated carbocycles. The van der Waals surface area contributed by atoms with E-state index in [9.17, 15) is 18.0 Å². The maximum Gasteiger partial charge on any atom is 0.434 e. The molecule has 0 aliphatic carbocycles. The first-order valence-electron chi connectivity index (χ1n) is 6.81. The van der Waals surface area contributed by atoms with E-state index in [0.29, 0.717) is 11.5 Å². The summed E-state index contributed by atoms with van der Waals surface area (Å²) < 4.78 is 49.6. The van der Waals surface area contributed by atoms with Crippen molar-refractivity contribution in [2.75, 3.05) is 25.8 Å². The Kier molecular flexibility index (Phi) is 5.73. The summed E-state index contributed by atoms with van der Waals surface area (Å²) in [5.41, 5.74) is -1.71. The quantitative estimate of drug-likeness (QED) is 0.639. The van der Waals surface area contributed by atoms with Gasteiger partial charge in [0.15, 0.2) is 22.3 Å². The molecule has 0 fully saturated rings. The number of carbonyl (C=O) groups excluding carboxylic acids is 1. The molecule has 0 saturated heterocycles. The van der Waals surface area contributed by atoms with Gasteiger partial charge in [-0.3, -0.25) is 4.79 Å². The topological polar surface area (TPSA) is 73.3 Å². The molecule has 1 amide bonds. The van der Waals surface area contributed by atoms with Crippen LogP contribution < -0.4 is 14.8 Å². The van der Waals surface area contributed by atoms with Crippen LogP contribution in [0.25, 0.3) is 0 Å². The van der Waals surface area contributed by atoms with Crippen LogP contribution in [0, 0.1) is 0 Å². The van der Waals surface area contributed by atoms with Gasteiger partial charge in [-0.2, -0.15) is 13.2 Å². The molecule has 6 nitrogen and oxygen atoms in total. The summed E-state index contributed by atoms with van der Waals surface area (Å²) in [7, 11) is 2.84. The average molecular weight is 373 g/mol. The molecule has 25 heavy (non-hydrogen) atoms. The third kappa shape index (κ3) is 4.32. The second kappa shape index (κ2) is 7.60. The highest BCUT2D eigenvalue weighted by Crippen LogP contribution is 2.33. The van der Waals surface area contributed by atoms with Gasteiger partial charge in [0, 0.05) is 18.0 Å². The first-order valence-corrected chi connectivity index (χ1v) is 8.04. The van der Waals surface area contributed by atoms with Gasteiger partial charge in [0.2, 0.25) is 0 Å². The number of carbonyl (C=O) groups is 1. The molecule has 2 rings (SSSR count). The summed E-state index contributed by atoms with van der Waals surface area (Å²) in [6.45, 7) is 0. The van der Waals surface area contributed by atoms with Crippen LogP contribution in [0.2, 0.25) is 0 Å². The van der Waals surface area contributed by atoms with Crippen molar-refractivity contribution in [3.05, 3.63) is 35.7 Å². The molecule has 0 radical (unpaired) electrons. The van der Waals surface area contributed by atoms with E-state index in [-0.39, 0.29) is 10.8 Å². The minimum absolute atomic E-state index is 0.0741. The monoisotopic (exact) mass is 373 g/mol. The second-order valence-electron chi connectivity index (χ2n) is 4.64. The Hall–Kier alpha value is -2.49. The van der Waals surface area contributed by atoms with Crippen LogP contribution in [-0.4, -0.2) is 36.4 Å². The lowest BCUT2D eigenvalue weighted by molar-refractivity contribution is -0.142. The maximum atomic E-state index is 13.2. The third-order valence-electron chi connectivity index (χ3n) is 3.10. The molecule has 0 spiro atoms. The Labute approximate surface area is 145 Å². The molecular weight excluding hydrogens is 359 g/mol. The first-order chi connectivity index (χ1) is 11.8. The van der Waals surface area contributed by atoms with E-state index in [1.54, 1.807) is 6.26 Å². The van der Waals surface area contributed by atoms with Crippen LogP contribution in [0.15, 0.2) is 29.6 Å². The second-order valence-corrected chi connectivity index (χ2v) is 5.41. The number of halogens is 3. The van der Waals surface area contributed by atoms with Gasteiger partial charge >= 0.3 is 6.18 Å². The number of methoxy groups -OCH3 is 2. The number of benzene rings is 1. The number of ether oxygens (including phenoxy) is 2. The van der Waals surface area contributed by atoms with E-state index < -0.39 is 23.3 Å². The zero-order valence-corrected chi connectivity index (χ0v) is 14.3. The first kappa shape index (κ1) is 18.8. The zero-order chi connectivity index (χ0) is 18.6. The van der Waals surface area contributed by atoms with Gasteiger partial charge in [-0.25, -0.2) is 9.97 Å². The van der Waals surface area contributed by atoms with Crippen molar-refractivity contribution in [3.8, 4) is 11.5 Å². The van der Waals surface area contributed by atoms with Gasteiger partial charge in [0.1, 0.15) is 0 Å². The standard InChI is InChI=1S/C15H14F3N3O3S/c1-23-10-5-4-8(6-11(10)24-2)20-13(22)9-7-19-14(25-3)21-12(9)15(16,17)18/h4-7H,1-3H3,(H,20,22). The Morgan fingerprint density at radius 2 is 1.88 bits per heavy atom. The molecule has 0 aliphatic rings. The molecule has 0 bridgehead atoms. The summed E-state index contributed by atoms with van der Waals surface area (Å²) in [6.07, 6.45) is -2.38. The smallest absolute Gasteiger partial charge is 0.434 e. The van der Waals surface area contributed by atoms with Crippen LogP contribution in [0.3, 0.4) is 0 Å². The highest BCUT2D eigenvalue weighted by atomic mass is 32.2. The van der Waals surface area contributed by atoms with Crippen molar-refractivity contribution in [2.24, 2.45) is 0 Å². The van der Waals surface area contributed by atoms with Crippen molar-refractivity contribution >= 4 is 23.4 Å². The molecule has 134 valence electrons. The molecule has 1 aromatic carbocycles. The van der Waals surface area contributed by atoms with Gasteiger partial charge in [-0.15, -0.1) is 0 Å². The lowest BCUT2D eigenvalue weighted by atomic mass is 10.2. The van der Waals surface area contributed by atoms with Crippen LogP contribution in [-0.2, 0) is 6.18 Å². The van der Waals surface area contributed by atoms with Crippen molar-refractivity contribution in [1.29, 1.82) is 0 Å². The maximum absolute atomic E-state index is 13.2. The molecule has 1 aromatic heterocycles. The van der Waals surface area contributed by atoms with Crippen molar-refractivity contribution < 1.29 is 27.4 Å². The zero-order valence-electron chi connectivity index (χ0n) is 13.5. The molecule has 10 heteroatoms. The Morgan fingerprint density at radius 3 is 2.44 bits per heavy atom. The fourth-order valence-corrected chi connectivity index (χ4v) is 2.30. The predicted octanol–water partition coefficient (Wildman–Crippen LogP) is 3.49. The van der Waals surface area contributed by atoms with Crippen LogP contribution in [0.1, 0.15) is 16.1 Å². The number of anilines is 1. The van der Waals surface area contributed by atoms with Gasteiger partial charge in [-0.05, 0) is 18.4 Å². The van der Waals surface area contributed by atoms with E-state index in [4.69, 9.17) is 9.47 Å². The van der Waals surface area contributed by atoms with Crippen LogP contribution in [0.4, 0.5) is 18.9 Å². The van der Waals surface area contributed by atoms with Crippen LogP contribution >= 0.6 is 11.8 Å². The lowest BCUT2D eigenvalue weighted by Crippen LogP contribution is -2.21. The average Bonchev–Trinajstić information content (AvgIpc) is 2.60. The fraction of sp³-hybridized carbons (Fsp3) is 0.267. The summed E-state index contributed by atoms with van der Waals surface area (Å²) >= 11 is 0.948. The van der Waals surface area contributed by atoms with E-state index in [0.717, 1.165) is 18.0 Å². The van der Waals surface area contributed by atoms with Crippen molar-refractivity contribution in [1.82, 2.24) is 9.97 Å². The van der Waals surface area contributed by atoms with Gasteiger partial charge in [-0.1, -0.05) is 11.8 Å². The summed E-state index contributed by atoms with van der Waals surface area (Å²) in [6, 6.07) is 4.43. The highest BCUT2D eigenvalue weighted by molar-refractivity contribution is 7.98. The Morgan fingerprint density at radius 1 is 1.20 bits per heavy atom. The molecule has 1 N–H and O–H groups in total. The van der Waals surface area contributed by atoms with Gasteiger partial charge < -0.3 is 14.8 Å². The number of aromatic nitrogens is 2. The number of hydrogen-bond acceptors (Lipinski definition) is 6. The fourth-order valence-electron chi connectivity index (χ4n) is 1.96. The SMILES string of the molecule is COc1ccc(NC(=O)c2cnc(SC)nc2C(F)(F)F)cc1OC. The Balaban J connectivity index is 2.35. The molecule has 0 unspecified atom stereocenters. The van der Waals surface area contributed by atoms with Crippen molar-refractivity contribution in [2.45, 2.75) is 11.3 Å². The van der Waals surface area contributed by atoms with E-state index in [1.807, 2.05) is 0 Å². The number of nitrogens with zero attached hydrogens (tertiary/aromatic N) is 2. The molecule has 0 aliphatic heterocycles. The minimum atomic E-state index is -4.78. The number of rotatable bonds is 5. The molecule has 1 heterocycles. The third-order valence-corrected chi connectivity index (χ3v) is 3.67. The normalized spacial score (nSPS) is 11.1. The molecule has 2 aromatic rings. The lowest BCUT2D eigenvalue weighted by Gasteiger charge is -2.13. The number of amides is 1. The summed E-state index contributed by atoms with van der Waals surface area (Å²) in [4.78, 5) is 19.4. The number of nitrogens with one attached hydrogen (secondary N) is 1.